The zero-order valence-electron chi connectivity index (χ0n) is 20.2. The number of hydrogen-bond donors (Lipinski definition) is 3. The molecule has 4 heterocycles. The van der Waals surface area contributed by atoms with Gasteiger partial charge in [0.1, 0.15) is 18.8 Å². The number of aromatic nitrogens is 5. The minimum Gasteiger partial charge on any atom is -0.387 e. The molecule has 4 aromatic heterocycles. The number of pyridine rings is 1. The topological polar surface area (TPSA) is 133 Å². The molecule has 0 spiro atoms. The van der Waals surface area contributed by atoms with Gasteiger partial charge >= 0.3 is 6.18 Å². The Kier molecular flexibility index (Phi) is 7.05. The van der Waals surface area contributed by atoms with Gasteiger partial charge in [0.25, 0.3) is 5.91 Å². The number of nitrogens with zero attached hydrogens (tertiary/aromatic N) is 6. The van der Waals surface area contributed by atoms with E-state index in [1.807, 2.05) is 6.07 Å². The maximum Gasteiger partial charge on any atom is 0.408 e. The number of carbonyl (C=O) groups excluding carboxylic acids is 1. The molecule has 14 heteroatoms. The van der Waals surface area contributed by atoms with Crippen LogP contribution in [-0.2, 0) is 6.54 Å². The van der Waals surface area contributed by atoms with Gasteiger partial charge in [-0.05, 0) is 38.1 Å². The summed E-state index contributed by atoms with van der Waals surface area (Å²) in [4.78, 5) is 17.2. The van der Waals surface area contributed by atoms with E-state index in [1.54, 1.807) is 18.2 Å². The van der Waals surface area contributed by atoms with Crippen LogP contribution in [0.3, 0.4) is 0 Å². The summed E-state index contributed by atoms with van der Waals surface area (Å²) < 4.78 is 54.7. The Bertz CT molecular complexity index is 1510. The molecule has 0 aliphatic heterocycles. The largest absolute Gasteiger partial charge is 0.408 e. The Balaban J connectivity index is 1.69. The van der Waals surface area contributed by atoms with E-state index in [1.165, 1.54) is 36.8 Å². The normalized spacial score (nSPS) is 12.8. The van der Waals surface area contributed by atoms with E-state index in [-0.39, 0.29) is 16.9 Å². The summed E-state index contributed by atoms with van der Waals surface area (Å²) in [6, 6.07) is 8.54. The van der Waals surface area contributed by atoms with Crippen LogP contribution in [0.2, 0.25) is 0 Å². The fourth-order valence-corrected chi connectivity index (χ4v) is 3.52. The lowest BCUT2D eigenvalue weighted by atomic mass is 10.0. The molecule has 1 atom stereocenters. The predicted octanol–water partition coefficient (Wildman–Crippen LogP) is 3.61. The molecule has 0 saturated carbocycles. The number of amides is 1. The Morgan fingerprint density at radius 3 is 2.63 bits per heavy atom. The number of halogens is 4. The van der Waals surface area contributed by atoms with Crippen molar-refractivity contribution in [2.75, 3.05) is 11.9 Å². The summed E-state index contributed by atoms with van der Waals surface area (Å²) in [5.41, 5.74) is 0.447. The monoisotopic (exact) mass is 530 g/mol. The van der Waals surface area contributed by atoms with Crippen LogP contribution in [-0.4, -0.2) is 59.9 Å². The summed E-state index contributed by atoms with van der Waals surface area (Å²) in [5.74, 6) is -0.724. The fraction of sp³-hybridized carbons (Fsp3) is 0.292. The van der Waals surface area contributed by atoms with Gasteiger partial charge in [-0.1, -0.05) is 0 Å². The minimum absolute atomic E-state index is 0.0270. The van der Waals surface area contributed by atoms with E-state index in [0.717, 1.165) is 12.4 Å². The highest BCUT2D eigenvalue weighted by Gasteiger charge is 2.29. The first-order valence-corrected chi connectivity index (χ1v) is 11.2. The highest BCUT2D eigenvalue weighted by molar-refractivity contribution is 6.00. The lowest BCUT2D eigenvalue weighted by Gasteiger charge is -2.22. The molecule has 0 aliphatic rings. The average Bonchev–Trinajstić information content (AvgIpc) is 3.46. The van der Waals surface area contributed by atoms with Crippen molar-refractivity contribution in [3.05, 3.63) is 60.2 Å². The smallest absolute Gasteiger partial charge is 0.387 e. The van der Waals surface area contributed by atoms with Gasteiger partial charge < -0.3 is 15.7 Å². The van der Waals surface area contributed by atoms with Crippen molar-refractivity contribution in [2.45, 2.75) is 38.3 Å². The van der Waals surface area contributed by atoms with Crippen LogP contribution >= 0.6 is 0 Å². The van der Waals surface area contributed by atoms with Gasteiger partial charge in [-0.2, -0.15) is 28.6 Å². The number of rotatable bonds is 8. The van der Waals surface area contributed by atoms with Gasteiger partial charge in [0.15, 0.2) is 0 Å². The number of aliphatic hydroxyl groups is 1. The van der Waals surface area contributed by atoms with Crippen LogP contribution in [0.1, 0.15) is 29.8 Å². The molecule has 0 aliphatic carbocycles. The first-order valence-electron chi connectivity index (χ1n) is 11.2. The second-order valence-corrected chi connectivity index (χ2v) is 9.02. The lowest BCUT2D eigenvalue weighted by Crippen LogP contribution is -2.42. The van der Waals surface area contributed by atoms with Crippen molar-refractivity contribution in [2.24, 2.45) is 0 Å². The van der Waals surface area contributed by atoms with Crippen LogP contribution in [0.25, 0.3) is 16.9 Å². The van der Waals surface area contributed by atoms with Crippen molar-refractivity contribution in [1.29, 1.82) is 5.26 Å². The molecule has 198 valence electrons. The van der Waals surface area contributed by atoms with Gasteiger partial charge in [-0.15, -0.1) is 0 Å². The molecule has 0 aromatic carbocycles. The van der Waals surface area contributed by atoms with Gasteiger partial charge in [0.2, 0.25) is 0 Å². The molecule has 3 N–H and O–H groups in total. The molecule has 1 amide bonds. The number of nitriles is 1. The van der Waals surface area contributed by atoms with Crippen LogP contribution in [0, 0.1) is 11.3 Å². The molecule has 0 bridgehead atoms. The van der Waals surface area contributed by atoms with E-state index in [2.05, 4.69) is 25.8 Å². The zero-order chi connectivity index (χ0) is 27.7. The average molecular weight is 530 g/mol. The van der Waals surface area contributed by atoms with Crippen molar-refractivity contribution >= 4 is 22.8 Å². The summed E-state index contributed by atoms with van der Waals surface area (Å²) in [6.45, 7) is 0.745. The standard InChI is InChI=1S/C24H22F4N8O2/c1-23(2,38)21(25)11-31-22(37)17-10-30-19(20-4-3-16-5-14(7-29)8-33-36(16)20)6-18(17)34-15-9-32-35(12-15)13-24(26,27)28/h3-6,8-10,12,21,38H,11,13H2,1-2H3,(H,30,34)(H,31,37)/t21-/m1/s1. The van der Waals surface area contributed by atoms with E-state index in [9.17, 15) is 27.5 Å². The Morgan fingerprint density at radius 1 is 1.18 bits per heavy atom. The number of fused-ring (bicyclic) bond motifs is 1. The second kappa shape index (κ2) is 10.1. The van der Waals surface area contributed by atoms with Crippen molar-refractivity contribution in [3.8, 4) is 17.5 Å². The highest BCUT2D eigenvalue weighted by Crippen LogP contribution is 2.28. The maximum atomic E-state index is 14.2. The predicted molar refractivity (Wildman–Crippen MR) is 128 cm³/mol. The van der Waals surface area contributed by atoms with E-state index in [0.29, 0.717) is 27.1 Å². The molecule has 0 fully saturated rings. The maximum absolute atomic E-state index is 14.2. The third kappa shape index (κ3) is 6.06. The Labute approximate surface area is 213 Å². The second-order valence-electron chi connectivity index (χ2n) is 9.02. The van der Waals surface area contributed by atoms with E-state index >= 15 is 0 Å². The van der Waals surface area contributed by atoms with Gasteiger partial charge in [0.05, 0.1) is 63.9 Å². The quantitative estimate of drug-likeness (QED) is 0.297. The number of anilines is 2. The third-order valence-electron chi connectivity index (χ3n) is 5.50. The van der Waals surface area contributed by atoms with E-state index < -0.39 is 36.9 Å². The Morgan fingerprint density at radius 2 is 1.95 bits per heavy atom. The molecule has 0 unspecified atom stereocenters. The summed E-state index contributed by atoms with van der Waals surface area (Å²) in [6.07, 6.45) is -1.34. The highest BCUT2D eigenvalue weighted by atomic mass is 19.4. The first-order chi connectivity index (χ1) is 17.8. The molecular formula is C24H22F4N8O2. The number of carbonyl (C=O) groups is 1. The van der Waals surface area contributed by atoms with Gasteiger partial charge in [-0.3, -0.25) is 14.5 Å². The van der Waals surface area contributed by atoms with E-state index in [4.69, 9.17) is 5.26 Å². The molecule has 4 rings (SSSR count). The summed E-state index contributed by atoms with van der Waals surface area (Å²) in [7, 11) is 0. The van der Waals surface area contributed by atoms with Gasteiger partial charge in [0, 0.05) is 12.4 Å². The van der Waals surface area contributed by atoms with Crippen molar-refractivity contribution in [3.63, 3.8) is 0 Å². The van der Waals surface area contributed by atoms with Crippen LogP contribution in [0.15, 0.2) is 49.1 Å². The number of nitrogens with one attached hydrogen (secondary N) is 2. The number of hydrogen-bond acceptors (Lipinski definition) is 7. The molecule has 0 saturated heterocycles. The molecule has 4 aromatic rings. The molecule has 10 nitrogen and oxygen atoms in total. The third-order valence-corrected chi connectivity index (χ3v) is 5.50. The molecule has 38 heavy (non-hydrogen) atoms. The Hall–Kier alpha value is -4.51. The summed E-state index contributed by atoms with van der Waals surface area (Å²) in [5, 5.41) is 32.1. The zero-order valence-corrected chi connectivity index (χ0v) is 20.2. The molecular weight excluding hydrogens is 508 g/mol. The van der Waals surface area contributed by atoms with Crippen LogP contribution < -0.4 is 10.6 Å². The van der Waals surface area contributed by atoms with Gasteiger partial charge in [-0.25, -0.2) is 8.91 Å². The molecule has 0 radical (unpaired) electrons. The summed E-state index contributed by atoms with van der Waals surface area (Å²) >= 11 is 0. The first kappa shape index (κ1) is 26.6. The fourth-order valence-electron chi connectivity index (χ4n) is 3.52. The van der Waals surface area contributed by atoms with Crippen molar-refractivity contribution in [1.82, 2.24) is 29.7 Å². The van der Waals surface area contributed by atoms with Crippen LogP contribution in [0.5, 0.6) is 0 Å². The lowest BCUT2D eigenvalue weighted by molar-refractivity contribution is -0.142. The SMILES string of the molecule is CC(C)(O)[C@H](F)CNC(=O)c1cnc(-c2ccc3cc(C#N)cnn23)cc1Nc1cnn(CC(F)(F)F)c1. The van der Waals surface area contributed by atoms with Crippen molar-refractivity contribution < 1.29 is 27.5 Å². The number of alkyl halides is 4. The minimum atomic E-state index is -4.48. The van der Waals surface area contributed by atoms with Crippen LogP contribution in [0.4, 0.5) is 28.9 Å².